The van der Waals surface area contributed by atoms with E-state index in [0.717, 1.165) is 0 Å². The van der Waals surface area contributed by atoms with E-state index in [1.165, 1.54) is 4.90 Å². The summed E-state index contributed by atoms with van der Waals surface area (Å²) in [6.07, 6.45) is 0.420. The summed E-state index contributed by atoms with van der Waals surface area (Å²) in [5.74, 6) is -0.192. The van der Waals surface area contributed by atoms with E-state index in [1.54, 1.807) is 33.0 Å². The summed E-state index contributed by atoms with van der Waals surface area (Å²) >= 11 is 0. The molecule has 0 aromatic carbocycles. The van der Waals surface area contributed by atoms with Crippen molar-refractivity contribution in [2.45, 2.75) is 13.3 Å². The van der Waals surface area contributed by atoms with Crippen LogP contribution in [0.2, 0.25) is 0 Å². The summed E-state index contributed by atoms with van der Waals surface area (Å²) in [4.78, 5) is 25.6. The van der Waals surface area contributed by atoms with Crippen LogP contribution in [0.4, 0.5) is 0 Å². The van der Waals surface area contributed by atoms with Crippen LogP contribution in [0.5, 0.6) is 0 Å². The molecule has 0 saturated heterocycles. The summed E-state index contributed by atoms with van der Waals surface area (Å²) in [7, 11) is 5.22. The Labute approximate surface area is 91.0 Å². The molecule has 0 aromatic heterocycles. The Morgan fingerprint density at radius 1 is 1.20 bits per heavy atom. The van der Waals surface area contributed by atoms with Crippen LogP contribution in [0.1, 0.15) is 13.3 Å². The number of nitrogens with zero attached hydrogens (tertiary/aromatic N) is 2. The molecule has 5 nitrogen and oxygen atoms in total. The average molecular weight is 216 g/mol. The topological polar surface area (TPSA) is 49.9 Å². The lowest BCUT2D eigenvalue weighted by Gasteiger charge is -2.16. The minimum atomic E-state index is -0.252. The Morgan fingerprint density at radius 3 is 2.27 bits per heavy atom. The van der Waals surface area contributed by atoms with E-state index in [9.17, 15) is 9.59 Å². The number of ether oxygens (including phenoxy) is 1. The van der Waals surface area contributed by atoms with E-state index < -0.39 is 0 Å². The molecule has 0 unspecified atom stereocenters. The van der Waals surface area contributed by atoms with Crippen LogP contribution >= 0.6 is 0 Å². The first-order chi connectivity index (χ1) is 6.97. The first-order valence-corrected chi connectivity index (χ1v) is 5.01. The molecule has 15 heavy (non-hydrogen) atoms. The van der Waals surface area contributed by atoms with Crippen molar-refractivity contribution in [2.24, 2.45) is 0 Å². The van der Waals surface area contributed by atoms with Crippen molar-refractivity contribution in [3.63, 3.8) is 0 Å². The summed E-state index contributed by atoms with van der Waals surface area (Å²) < 4.78 is 4.79. The Balaban J connectivity index is 3.70. The fourth-order valence-electron chi connectivity index (χ4n) is 1.02. The van der Waals surface area contributed by atoms with Crippen LogP contribution in [-0.4, -0.2) is 62.5 Å². The predicted molar refractivity (Wildman–Crippen MR) is 57.4 cm³/mol. The van der Waals surface area contributed by atoms with Gasteiger partial charge in [0.15, 0.2) is 0 Å². The first kappa shape index (κ1) is 13.9. The Bertz CT molecular complexity index is 217. The van der Waals surface area contributed by atoms with Crippen molar-refractivity contribution in [1.82, 2.24) is 9.80 Å². The van der Waals surface area contributed by atoms with Crippen molar-refractivity contribution in [1.29, 1.82) is 0 Å². The molecule has 0 radical (unpaired) electrons. The Hall–Kier alpha value is -1.10. The molecule has 0 N–H and O–H groups in total. The maximum Gasteiger partial charge on any atom is 0.320 e. The normalized spacial score (nSPS) is 10.2. The number of rotatable bonds is 6. The zero-order valence-electron chi connectivity index (χ0n) is 9.95. The number of likely N-dealkylation sites (N-methyl/N-ethyl adjacent to an activating group) is 1. The number of carbonyl (C=O) groups is 2. The quantitative estimate of drug-likeness (QED) is 0.585. The maximum absolute atomic E-state index is 11.2. The van der Waals surface area contributed by atoms with Crippen LogP contribution in [0, 0.1) is 0 Å². The maximum atomic E-state index is 11.2. The van der Waals surface area contributed by atoms with Gasteiger partial charge in [-0.1, -0.05) is 0 Å². The monoisotopic (exact) mass is 216 g/mol. The molecule has 0 aliphatic rings. The molecule has 5 heteroatoms. The number of amides is 1. The summed E-state index contributed by atoms with van der Waals surface area (Å²) in [5.41, 5.74) is 0. The van der Waals surface area contributed by atoms with Crippen molar-refractivity contribution in [3.8, 4) is 0 Å². The van der Waals surface area contributed by atoms with Gasteiger partial charge in [0.05, 0.1) is 13.2 Å². The van der Waals surface area contributed by atoms with Crippen molar-refractivity contribution < 1.29 is 14.3 Å². The van der Waals surface area contributed by atoms with Gasteiger partial charge in [-0.3, -0.25) is 14.5 Å². The van der Waals surface area contributed by atoms with E-state index in [-0.39, 0.29) is 18.4 Å². The third-order valence-corrected chi connectivity index (χ3v) is 1.91. The highest BCUT2D eigenvalue weighted by Gasteiger charge is 2.09. The van der Waals surface area contributed by atoms with E-state index >= 15 is 0 Å². The molecule has 0 heterocycles. The fourth-order valence-corrected chi connectivity index (χ4v) is 1.02. The summed E-state index contributed by atoms with van der Waals surface area (Å²) in [6, 6.07) is 0. The number of carbonyl (C=O) groups excluding carboxylic acids is 2. The van der Waals surface area contributed by atoms with Crippen LogP contribution in [-0.2, 0) is 14.3 Å². The molecule has 0 atom stereocenters. The van der Waals surface area contributed by atoms with Crippen LogP contribution in [0.25, 0.3) is 0 Å². The molecule has 0 aliphatic carbocycles. The lowest BCUT2D eigenvalue weighted by Crippen LogP contribution is -2.32. The van der Waals surface area contributed by atoms with Gasteiger partial charge in [0.1, 0.15) is 0 Å². The standard InChI is InChI=1S/C10H20N2O3/c1-5-15-10(14)8-12(4)7-6-9(13)11(2)3/h5-8H2,1-4H3. The van der Waals surface area contributed by atoms with Gasteiger partial charge in [0, 0.05) is 27.1 Å². The molecule has 0 fully saturated rings. The van der Waals surface area contributed by atoms with Gasteiger partial charge >= 0.3 is 5.97 Å². The lowest BCUT2D eigenvalue weighted by atomic mass is 10.3. The van der Waals surface area contributed by atoms with Gasteiger partial charge in [0.25, 0.3) is 0 Å². The molecule has 0 aliphatic heterocycles. The molecule has 0 aromatic rings. The molecule has 1 amide bonds. The zero-order chi connectivity index (χ0) is 11.8. The molecule has 88 valence electrons. The Kier molecular flexibility index (Phi) is 6.70. The Morgan fingerprint density at radius 2 is 1.80 bits per heavy atom. The first-order valence-electron chi connectivity index (χ1n) is 5.01. The molecular weight excluding hydrogens is 196 g/mol. The van der Waals surface area contributed by atoms with Gasteiger partial charge in [0.2, 0.25) is 5.91 Å². The molecular formula is C10H20N2O3. The second kappa shape index (κ2) is 7.23. The van der Waals surface area contributed by atoms with Crippen LogP contribution < -0.4 is 0 Å². The van der Waals surface area contributed by atoms with Gasteiger partial charge < -0.3 is 9.64 Å². The van der Waals surface area contributed by atoms with Crippen molar-refractivity contribution >= 4 is 11.9 Å². The third-order valence-electron chi connectivity index (χ3n) is 1.91. The highest BCUT2D eigenvalue weighted by atomic mass is 16.5. The molecule has 0 spiro atoms. The fraction of sp³-hybridized carbons (Fsp3) is 0.800. The smallest absolute Gasteiger partial charge is 0.320 e. The van der Waals surface area contributed by atoms with Gasteiger partial charge in [-0.15, -0.1) is 0 Å². The van der Waals surface area contributed by atoms with Crippen LogP contribution in [0.15, 0.2) is 0 Å². The van der Waals surface area contributed by atoms with Crippen molar-refractivity contribution in [3.05, 3.63) is 0 Å². The SMILES string of the molecule is CCOC(=O)CN(C)CCC(=O)N(C)C. The summed E-state index contributed by atoms with van der Waals surface area (Å²) in [5, 5.41) is 0. The van der Waals surface area contributed by atoms with Crippen molar-refractivity contribution in [2.75, 3.05) is 40.8 Å². The minimum Gasteiger partial charge on any atom is -0.465 e. The molecule has 0 saturated carbocycles. The highest BCUT2D eigenvalue weighted by molar-refractivity contribution is 5.76. The molecule has 0 bridgehead atoms. The van der Waals surface area contributed by atoms with E-state index in [4.69, 9.17) is 4.74 Å². The zero-order valence-corrected chi connectivity index (χ0v) is 9.95. The number of hydrogen-bond donors (Lipinski definition) is 0. The van der Waals surface area contributed by atoms with Gasteiger partial charge in [-0.25, -0.2) is 0 Å². The van der Waals surface area contributed by atoms with Gasteiger partial charge in [-0.2, -0.15) is 0 Å². The highest BCUT2D eigenvalue weighted by Crippen LogP contribution is 1.92. The summed E-state index contributed by atoms with van der Waals surface area (Å²) in [6.45, 7) is 2.96. The van der Waals surface area contributed by atoms with E-state index in [0.29, 0.717) is 19.6 Å². The van der Waals surface area contributed by atoms with Gasteiger partial charge in [-0.05, 0) is 14.0 Å². The third kappa shape index (κ3) is 6.90. The number of esters is 1. The lowest BCUT2D eigenvalue weighted by molar-refractivity contribution is -0.144. The average Bonchev–Trinajstić information content (AvgIpc) is 2.14. The second-order valence-corrected chi connectivity index (χ2v) is 3.58. The van der Waals surface area contributed by atoms with E-state index in [2.05, 4.69) is 0 Å². The molecule has 0 rings (SSSR count). The van der Waals surface area contributed by atoms with Crippen LogP contribution in [0.3, 0.4) is 0 Å². The predicted octanol–water partition coefficient (Wildman–Crippen LogP) is -0.0404. The number of hydrogen-bond acceptors (Lipinski definition) is 4. The second-order valence-electron chi connectivity index (χ2n) is 3.58. The minimum absolute atomic E-state index is 0.0608. The van der Waals surface area contributed by atoms with E-state index in [1.807, 2.05) is 0 Å². The largest absolute Gasteiger partial charge is 0.465 e.